The summed E-state index contributed by atoms with van der Waals surface area (Å²) in [7, 11) is 0. The van der Waals surface area contributed by atoms with Crippen LogP contribution in [0.25, 0.3) is 0 Å². The monoisotopic (exact) mass is 296 g/mol. The van der Waals surface area contributed by atoms with E-state index in [1.807, 2.05) is 30.3 Å². The van der Waals surface area contributed by atoms with Crippen molar-refractivity contribution < 1.29 is 4.79 Å². The first-order valence-electron chi connectivity index (χ1n) is 7.81. The van der Waals surface area contributed by atoms with Gasteiger partial charge in [-0.2, -0.15) is 0 Å². The van der Waals surface area contributed by atoms with Gasteiger partial charge in [-0.15, -0.1) is 0 Å². The number of nitrogens with one attached hydrogen (secondary N) is 2. The van der Waals surface area contributed by atoms with Gasteiger partial charge in [-0.05, 0) is 49.3 Å². The van der Waals surface area contributed by atoms with Gasteiger partial charge in [-0.1, -0.05) is 30.3 Å². The Hall–Kier alpha value is -2.36. The minimum absolute atomic E-state index is 0.230. The standard InChI is InChI=1S/C18H20N2O2/c21-17(19-11-10-13-6-2-1-3-7-13)15-12-14-8-4-5-9-16(14)20-18(15)22/h1-3,6-7,12H,4-5,8-11H2,(H,19,21)(H,20,22). The van der Waals surface area contributed by atoms with Crippen LogP contribution >= 0.6 is 0 Å². The summed E-state index contributed by atoms with van der Waals surface area (Å²) in [5.41, 5.74) is 3.23. The molecular formula is C18H20N2O2. The minimum atomic E-state index is -0.287. The highest BCUT2D eigenvalue weighted by molar-refractivity contribution is 5.94. The average Bonchev–Trinajstić information content (AvgIpc) is 2.55. The predicted molar refractivity (Wildman–Crippen MR) is 86.2 cm³/mol. The summed E-state index contributed by atoms with van der Waals surface area (Å²) in [6, 6.07) is 11.7. The molecule has 0 saturated carbocycles. The Morgan fingerprint density at radius 1 is 1.14 bits per heavy atom. The molecular weight excluding hydrogens is 276 g/mol. The molecule has 0 fully saturated rings. The van der Waals surface area contributed by atoms with Crippen LogP contribution in [-0.2, 0) is 19.3 Å². The number of benzene rings is 1. The second-order valence-corrected chi connectivity index (χ2v) is 5.71. The molecule has 0 bridgehead atoms. The smallest absolute Gasteiger partial charge is 0.261 e. The van der Waals surface area contributed by atoms with Crippen LogP contribution in [0.2, 0.25) is 0 Å². The molecule has 0 spiro atoms. The molecule has 0 atom stereocenters. The second-order valence-electron chi connectivity index (χ2n) is 5.71. The van der Waals surface area contributed by atoms with Crippen molar-refractivity contribution in [3.05, 3.63) is 69.1 Å². The predicted octanol–water partition coefficient (Wildman–Crippen LogP) is 2.23. The number of pyridine rings is 1. The van der Waals surface area contributed by atoms with Gasteiger partial charge in [0.1, 0.15) is 5.56 Å². The lowest BCUT2D eigenvalue weighted by Gasteiger charge is -2.15. The van der Waals surface area contributed by atoms with E-state index in [1.165, 1.54) is 5.56 Å². The zero-order valence-corrected chi connectivity index (χ0v) is 12.5. The van der Waals surface area contributed by atoms with Gasteiger partial charge in [-0.3, -0.25) is 9.59 Å². The van der Waals surface area contributed by atoms with Crippen LogP contribution in [0.4, 0.5) is 0 Å². The molecule has 1 aliphatic rings. The number of carbonyl (C=O) groups is 1. The first kappa shape index (κ1) is 14.6. The van der Waals surface area contributed by atoms with E-state index in [9.17, 15) is 9.59 Å². The fraction of sp³-hybridized carbons (Fsp3) is 0.333. The van der Waals surface area contributed by atoms with Gasteiger partial charge in [0.2, 0.25) is 0 Å². The number of hydrogen-bond donors (Lipinski definition) is 2. The molecule has 114 valence electrons. The summed E-state index contributed by atoms with van der Waals surface area (Å²) in [5.74, 6) is -0.287. The number of carbonyl (C=O) groups excluding carboxylic acids is 1. The Kier molecular flexibility index (Phi) is 4.37. The lowest BCUT2D eigenvalue weighted by atomic mass is 9.95. The Balaban J connectivity index is 1.66. The average molecular weight is 296 g/mol. The molecule has 1 aliphatic carbocycles. The van der Waals surface area contributed by atoms with Crippen molar-refractivity contribution in [1.29, 1.82) is 0 Å². The van der Waals surface area contributed by atoms with Crippen molar-refractivity contribution in [2.45, 2.75) is 32.1 Å². The van der Waals surface area contributed by atoms with Crippen molar-refractivity contribution in [2.75, 3.05) is 6.54 Å². The summed E-state index contributed by atoms with van der Waals surface area (Å²) in [4.78, 5) is 27.1. The molecule has 4 nitrogen and oxygen atoms in total. The van der Waals surface area contributed by atoms with Gasteiger partial charge in [0, 0.05) is 12.2 Å². The topological polar surface area (TPSA) is 62.0 Å². The van der Waals surface area contributed by atoms with Crippen molar-refractivity contribution in [2.24, 2.45) is 0 Å². The van der Waals surface area contributed by atoms with Crippen LogP contribution in [0.1, 0.15) is 40.0 Å². The number of hydrogen-bond acceptors (Lipinski definition) is 2. The Morgan fingerprint density at radius 3 is 2.73 bits per heavy atom. The summed E-state index contributed by atoms with van der Waals surface area (Å²) in [5, 5.41) is 2.84. The van der Waals surface area contributed by atoms with Crippen LogP contribution in [0, 0.1) is 0 Å². The number of rotatable bonds is 4. The van der Waals surface area contributed by atoms with Gasteiger partial charge < -0.3 is 10.3 Å². The maximum atomic E-state index is 12.2. The molecule has 0 radical (unpaired) electrons. The zero-order chi connectivity index (χ0) is 15.4. The van der Waals surface area contributed by atoms with Crippen molar-refractivity contribution in [1.82, 2.24) is 10.3 Å². The lowest BCUT2D eigenvalue weighted by Crippen LogP contribution is -2.32. The van der Waals surface area contributed by atoms with E-state index in [-0.39, 0.29) is 17.0 Å². The molecule has 2 aromatic rings. The molecule has 0 saturated heterocycles. The Bertz CT molecular complexity index is 720. The molecule has 0 unspecified atom stereocenters. The summed E-state index contributed by atoms with van der Waals surface area (Å²) >= 11 is 0. The molecule has 22 heavy (non-hydrogen) atoms. The van der Waals surface area contributed by atoms with Crippen molar-refractivity contribution in [3.8, 4) is 0 Å². The third-order valence-electron chi connectivity index (χ3n) is 4.12. The Morgan fingerprint density at radius 2 is 1.91 bits per heavy atom. The highest BCUT2D eigenvalue weighted by Gasteiger charge is 2.16. The van der Waals surface area contributed by atoms with Crippen LogP contribution < -0.4 is 10.9 Å². The summed E-state index contributed by atoms with van der Waals surface area (Å²) in [6.07, 6.45) is 4.83. The van der Waals surface area contributed by atoms with E-state index >= 15 is 0 Å². The maximum Gasteiger partial charge on any atom is 0.261 e. The molecule has 2 N–H and O–H groups in total. The van der Waals surface area contributed by atoms with Gasteiger partial charge in [-0.25, -0.2) is 0 Å². The molecule has 4 heteroatoms. The molecule has 3 rings (SSSR count). The van der Waals surface area contributed by atoms with Crippen molar-refractivity contribution in [3.63, 3.8) is 0 Å². The summed E-state index contributed by atoms with van der Waals surface area (Å²) in [6.45, 7) is 0.527. The number of aryl methyl sites for hydroxylation is 2. The SMILES string of the molecule is O=C(NCCc1ccccc1)c1cc2c([nH]c1=O)CCCC2. The van der Waals surface area contributed by atoms with Gasteiger partial charge in [0.15, 0.2) is 0 Å². The van der Waals surface area contributed by atoms with Crippen LogP contribution in [-0.4, -0.2) is 17.4 Å². The summed E-state index contributed by atoms with van der Waals surface area (Å²) < 4.78 is 0. The fourth-order valence-electron chi connectivity index (χ4n) is 2.90. The second kappa shape index (κ2) is 6.60. The van der Waals surface area contributed by atoms with E-state index in [0.717, 1.165) is 43.4 Å². The fourth-order valence-corrected chi connectivity index (χ4v) is 2.90. The number of amides is 1. The van der Waals surface area contributed by atoms with E-state index in [1.54, 1.807) is 6.07 Å². The first-order valence-corrected chi connectivity index (χ1v) is 7.81. The number of fused-ring (bicyclic) bond motifs is 1. The molecule has 1 aromatic carbocycles. The molecule has 1 amide bonds. The number of aromatic nitrogens is 1. The highest BCUT2D eigenvalue weighted by Crippen LogP contribution is 2.18. The number of H-pyrrole nitrogens is 1. The van der Waals surface area contributed by atoms with E-state index in [0.29, 0.717) is 6.54 Å². The van der Waals surface area contributed by atoms with E-state index in [4.69, 9.17) is 0 Å². The molecule has 0 aliphatic heterocycles. The van der Waals surface area contributed by atoms with E-state index < -0.39 is 0 Å². The van der Waals surface area contributed by atoms with E-state index in [2.05, 4.69) is 10.3 Å². The van der Waals surface area contributed by atoms with Gasteiger partial charge >= 0.3 is 0 Å². The first-order chi connectivity index (χ1) is 10.7. The maximum absolute atomic E-state index is 12.2. The van der Waals surface area contributed by atoms with Gasteiger partial charge in [0.05, 0.1) is 0 Å². The molecule has 1 heterocycles. The van der Waals surface area contributed by atoms with Gasteiger partial charge in [0.25, 0.3) is 11.5 Å². The zero-order valence-electron chi connectivity index (χ0n) is 12.5. The van der Waals surface area contributed by atoms with Crippen LogP contribution in [0.3, 0.4) is 0 Å². The van der Waals surface area contributed by atoms with Crippen LogP contribution in [0.15, 0.2) is 41.2 Å². The lowest BCUT2D eigenvalue weighted by molar-refractivity contribution is 0.0952. The van der Waals surface area contributed by atoms with Crippen LogP contribution in [0.5, 0.6) is 0 Å². The normalized spacial score (nSPS) is 13.5. The largest absolute Gasteiger partial charge is 0.352 e. The number of aromatic amines is 1. The Labute approximate surface area is 129 Å². The quantitative estimate of drug-likeness (QED) is 0.909. The molecule has 1 aromatic heterocycles. The third-order valence-corrected chi connectivity index (χ3v) is 4.12. The highest BCUT2D eigenvalue weighted by atomic mass is 16.2. The third kappa shape index (κ3) is 3.27. The van der Waals surface area contributed by atoms with Crippen molar-refractivity contribution >= 4 is 5.91 Å². The minimum Gasteiger partial charge on any atom is -0.352 e.